The van der Waals surface area contributed by atoms with E-state index in [1.165, 1.54) is 16.8 Å². The minimum Gasteiger partial charge on any atom is -0.360 e. The van der Waals surface area contributed by atoms with Crippen LogP contribution in [0.15, 0.2) is 54.6 Å². The molecule has 2 nitrogen and oxygen atoms in total. The van der Waals surface area contributed by atoms with E-state index in [9.17, 15) is 4.79 Å². The van der Waals surface area contributed by atoms with Gasteiger partial charge in [-0.25, -0.2) is 0 Å². The molecule has 1 heterocycles. The fourth-order valence-corrected chi connectivity index (χ4v) is 5.09. The minimum atomic E-state index is -0.379. The lowest BCUT2D eigenvalue weighted by Crippen LogP contribution is -2.59. The van der Waals surface area contributed by atoms with Crippen LogP contribution in [0.2, 0.25) is 0 Å². The summed E-state index contributed by atoms with van der Waals surface area (Å²) in [5.41, 5.74) is 3.15. The molecule has 2 aromatic carbocycles. The van der Waals surface area contributed by atoms with Gasteiger partial charge in [0.1, 0.15) is 5.78 Å². The van der Waals surface area contributed by atoms with Crippen molar-refractivity contribution in [3.8, 4) is 0 Å². The molecule has 0 N–H and O–H groups in total. The van der Waals surface area contributed by atoms with Crippen LogP contribution in [-0.4, -0.2) is 11.3 Å². The molecule has 2 heteroatoms. The van der Waals surface area contributed by atoms with Crippen molar-refractivity contribution in [2.45, 2.75) is 51.6 Å². The van der Waals surface area contributed by atoms with Crippen molar-refractivity contribution in [1.82, 2.24) is 0 Å². The number of hydrogen-bond donors (Lipinski definition) is 0. The average Bonchev–Trinajstić information content (AvgIpc) is 2.84. The summed E-state index contributed by atoms with van der Waals surface area (Å²) in [6.45, 7) is 9.67. The molecule has 0 radical (unpaired) electrons. The molecule has 4 rings (SSSR count). The molecule has 0 bridgehead atoms. The van der Waals surface area contributed by atoms with Crippen molar-refractivity contribution in [2.24, 2.45) is 5.41 Å². The van der Waals surface area contributed by atoms with E-state index in [2.05, 4.69) is 87.2 Å². The number of anilines is 1. The van der Waals surface area contributed by atoms with Gasteiger partial charge in [0.15, 0.2) is 0 Å². The third-order valence-corrected chi connectivity index (χ3v) is 7.02. The van der Waals surface area contributed by atoms with E-state index in [1.54, 1.807) is 0 Å². The van der Waals surface area contributed by atoms with Crippen molar-refractivity contribution in [2.75, 3.05) is 4.90 Å². The lowest BCUT2D eigenvalue weighted by molar-refractivity contribution is -0.125. The summed E-state index contributed by atoms with van der Waals surface area (Å²) in [6, 6.07) is 19.2. The predicted octanol–water partition coefficient (Wildman–Crippen LogP) is 4.72. The molecular formula is C22H25NO. The second kappa shape index (κ2) is 4.72. The van der Waals surface area contributed by atoms with Gasteiger partial charge in [0.25, 0.3) is 0 Å². The number of rotatable bonds is 2. The first-order valence-electron chi connectivity index (χ1n) is 8.77. The van der Waals surface area contributed by atoms with Gasteiger partial charge in [-0.05, 0) is 24.1 Å². The van der Waals surface area contributed by atoms with Gasteiger partial charge in [0.2, 0.25) is 0 Å². The summed E-state index contributed by atoms with van der Waals surface area (Å²) >= 11 is 0. The van der Waals surface area contributed by atoms with E-state index in [-0.39, 0.29) is 16.4 Å². The molecule has 24 heavy (non-hydrogen) atoms. The number of hydrogen-bond acceptors (Lipinski definition) is 2. The average molecular weight is 319 g/mol. The Hall–Kier alpha value is -2.09. The zero-order chi connectivity index (χ0) is 17.2. The van der Waals surface area contributed by atoms with Gasteiger partial charge < -0.3 is 4.90 Å². The van der Waals surface area contributed by atoms with Crippen LogP contribution in [0.4, 0.5) is 5.69 Å². The Labute approximate surface area is 144 Å². The molecule has 1 aliphatic carbocycles. The highest BCUT2D eigenvalue weighted by molar-refractivity contribution is 5.94. The normalized spacial score (nSPS) is 30.3. The minimum absolute atomic E-state index is 0.140. The molecule has 0 saturated heterocycles. The Morgan fingerprint density at radius 2 is 1.54 bits per heavy atom. The molecule has 1 aliphatic heterocycles. The topological polar surface area (TPSA) is 20.3 Å². The highest BCUT2D eigenvalue weighted by Gasteiger charge is 2.70. The molecule has 2 unspecified atom stereocenters. The highest BCUT2D eigenvalue weighted by Crippen LogP contribution is 2.65. The van der Waals surface area contributed by atoms with Gasteiger partial charge in [-0.1, -0.05) is 69.3 Å². The van der Waals surface area contributed by atoms with Gasteiger partial charge >= 0.3 is 0 Å². The summed E-state index contributed by atoms with van der Waals surface area (Å²) in [4.78, 5) is 15.4. The number of carbonyl (C=O) groups is 1. The first-order valence-corrected chi connectivity index (χ1v) is 8.77. The molecule has 0 spiro atoms. The van der Waals surface area contributed by atoms with Gasteiger partial charge in [-0.15, -0.1) is 0 Å². The number of fused-ring (bicyclic) bond motifs is 3. The largest absolute Gasteiger partial charge is 0.360 e. The zero-order valence-corrected chi connectivity index (χ0v) is 15.0. The maximum Gasteiger partial charge on any atom is 0.141 e. The summed E-state index contributed by atoms with van der Waals surface area (Å²) in [5, 5.41) is 0. The number of Topliss-reactive ketones (excluding diaryl/α,β-unsaturated/α-hetero) is 1. The maximum absolute atomic E-state index is 12.9. The molecule has 2 atom stereocenters. The van der Waals surface area contributed by atoms with E-state index in [0.29, 0.717) is 12.2 Å². The van der Waals surface area contributed by atoms with E-state index < -0.39 is 0 Å². The fourth-order valence-electron chi connectivity index (χ4n) is 5.09. The van der Waals surface area contributed by atoms with Crippen LogP contribution >= 0.6 is 0 Å². The molecular weight excluding hydrogens is 294 g/mol. The van der Waals surface area contributed by atoms with E-state index in [1.807, 2.05) is 0 Å². The standard InChI is InChI=1S/C22H25NO/c1-20(2)19(24)14-21(3)17-12-8-9-13-18(17)23(22(20,21)4)15-16-10-6-5-7-11-16/h5-13H,14-15H2,1-4H3. The number of carbonyl (C=O) groups excluding carboxylic acids is 1. The Balaban J connectivity index is 1.92. The highest BCUT2D eigenvalue weighted by atomic mass is 16.1. The number of benzene rings is 2. The number of ketones is 1. The predicted molar refractivity (Wildman–Crippen MR) is 98.2 cm³/mol. The lowest BCUT2D eigenvalue weighted by Gasteiger charge is -2.49. The van der Waals surface area contributed by atoms with Gasteiger partial charge in [0.05, 0.1) is 5.54 Å². The molecule has 0 aromatic heterocycles. The Bertz CT molecular complexity index is 810. The van der Waals surface area contributed by atoms with Crippen molar-refractivity contribution in [1.29, 1.82) is 0 Å². The monoisotopic (exact) mass is 319 g/mol. The molecule has 1 fully saturated rings. The second-order valence-electron chi connectivity index (χ2n) is 8.22. The molecule has 124 valence electrons. The number of nitrogens with zero attached hydrogens (tertiary/aromatic N) is 1. The lowest BCUT2D eigenvalue weighted by atomic mass is 9.64. The number of para-hydroxylation sites is 1. The first-order chi connectivity index (χ1) is 11.3. The Morgan fingerprint density at radius 1 is 0.917 bits per heavy atom. The van der Waals surface area contributed by atoms with Crippen molar-refractivity contribution >= 4 is 11.5 Å². The van der Waals surface area contributed by atoms with Crippen LogP contribution in [0.25, 0.3) is 0 Å². The van der Waals surface area contributed by atoms with E-state index in [0.717, 1.165) is 6.54 Å². The van der Waals surface area contributed by atoms with E-state index >= 15 is 0 Å². The molecule has 1 saturated carbocycles. The summed E-state index contributed by atoms with van der Waals surface area (Å²) in [7, 11) is 0. The van der Waals surface area contributed by atoms with E-state index in [4.69, 9.17) is 0 Å². The van der Waals surface area contributed by atoms with Crippen molar-refractivity contribution < 1.29 is 4.79 Å². The summed E-state index contributed by atoms with van der Waals surface area (Å²) in [6.07, 6.45) is 0.624. The van der Waals surface area contributed by atoms with Crippen LogP contribution in [0.1, 0.15) is 45.2 Å². The molecule has 2 aliphatic rings. The SMILES string of the molecule is CC1(C)C(=O)CC2(C)c3ccccc3N(Cc3ccccc3)C12C. The fraction of sp³-hybridized carbons (Fsp3) is 0.409. The second-order valence-corrected chi connectivity index (χ2v) is 8.22. The maximum atomic E-state index is 12.9. The Kier molecular flexibility index (Phi) is 3.04. The van der Waals surface area contributed by atoms with Crippen LogP contribution in [0.3, 0.4) is 0 Å². The first kappa shape index (κ1) is 15.4. The molecule has 2 aromatic rings. The van der Waals surface area contributed by atoms with Crippen LogP contribution < -0.4 is 4.90 Å². The van der Waals surface area contributed by atoms with Crippen molar-refractivity contribution in [3.05, 3.63) is 65.7 Å². The van der Waals surface area contributed by atoms with Crippen LogP contribution in [0, 0.1) is 5.41 Å². The van der Waals surface area contributed by atoms with Gasteiger partial charge in [0, 0.05) is 29.5 Å². The third-order valence-electron chi connectivity index (χ3n) is 7.02. The van der Waals surface area contributed by atoms with Crippen molar-refractivity contribution in [3.63, 3.8) is 0 Å². The quantitative estimate of drug-likeness (QED) is 0.798. The third kappa shape index (κ3) is 1.64. The van der Waals surface area contributed by atoms with Gasteiger partial charge in [-0.3, -0.25) is 4.79 Å². The zero-order valence-electron chi connectivity index (χ0n) is 15.0. The molecule has 0 amide bonds. The van der Waals surface area contributed by atoms with Gasteiger partial charge in [-0.2, -0.15) is 0 Å². The summed E-state index contributed by atoms with van der Waals surface area (Å²) < 4.78 is 0. The Morgan fingerprint density at radius 3 is 2.25 bits per heavy atom. The van der Waals surface area contributed by atoms with Crippen LogP contribution in [-0.2, 0) is 16.8 Å². The van der Waals surface area contributed by atoms with Crippen LogP contribution in [0.5, 0.6) is 0 Å². The smallest absolute Gasteiger partial charge is 0.141 e. The summed E-state index contributed by atoms with van der Waals surface area (Å²) in [5.74, 6) is 0.375.